The summed E-state index contributed by atoms with van der Waals surface area (Å²) in [5.74, 6) is 0.585. The minimum atomic E-state index is 0.244. The van der Waals surface area contributed by atoms with E-state index in [9.17, 15) is 0 Å². The molecule has 1 heterocycles. The molecule has 1 unspecified atom stereocenters. The van der Waals surface area contributed by atoms with Crippen molar-refractivity contribution >= 4 is 11.5 Å². The summed E-state index contributed by atoms with van der Waals surface area (Å²) in [6, 6.07) is 9.09. The highest BCUT2D eigenvalue weighted by Gasteiger charge is 2.12. The van der Waals surface area contributed by atoms with Crippen LogP contribution in [0.25, 0.3) is 0 Å². The lowest BCUT2D eigenvalue weighted by Gasteiger charge is -2.14. The van der Waals surface area contributed by atoms with Crippen LogP contribution in [0.15, 0.2) is 29.6 Å². The molecule has 0 radical (unpaired) electrons. The average molecular weight is 261 g/mol. The number of nitrogens with one attached hydrogen (secondary N) is 1. The zero-order chi connectivity index (χ0) is 13.0. The molecule has 1 atom stereocenters. The van der Waals surface area contributed by atoms with E-state index in [4.69, 9.17) is 0 Å². The van der Waals surface area contributed by atoms with Gasteiger partial charge in [0.1, 0.15) is 0 Å². The van der Waals surface area contributed by atoms with Gasteiger partial charge < -0.3 is 5.32 Å². The summed E-state index contributed by atoms with van der Waals surface area (Å²) in [5.41, 5.74) is 3.73. The van der Waals surface area contributed by atoms with Gasteiger partial charge in [-0.15, -0.1) is 5.10 Å². The van der Waals surface area contributed by atoms with Gasteiger partial charge in [0.15, 0.2) is 0 Å². The molecule has 1 aromatic heterocycles. The lowest BCUT2D eigenvalue weighted by Crippen LogP contribution is -2.19. The van der Waals surface area contributed by atoms with Crippen molar-refractivity contribution in [3.63, 3.8) is 0 Å². The van der Waals surface area contributed by atoms with E-state index >= 15 is 0 Å². The highest BCUT2D eigenvalue weighted by molar-refractivity contribution is 7.03. The molecule has 0 saturated carbocycles. The molecule has 0 aliphatic rings. The molecule has 18 heavy (non-hydrogen) atoms. The smallest absolute Gasteiger partial charge is 0.0928 e. The highest BCUT2D eigenvalue weighted by atomic mass is 32.1. The Morgan fingerprint density at radius 3 is 2.44 bits per heavy atom. The summed E-state index contributed by atoms with van der Waals surface area (Å²) in [4.78, 5) is 0. The third kappa shape index (κ3) is 3.15. The molecule has 2 aromatic rings. The van der Waals surface area contributed by atoms with Crippen molar-refractivity contribution in [3.8, 4) is 0 Å². The van der Waals surface area contributed by atoms with Crippen LogP contribution in [-0.4, -0.2) is 16.6 Å². The molecule has 1 N–H and O–H groups in total. The number of likely N-dealkylation sites (N-methyl/N-ethyl adjacent to an activating group) is 1. The Kier molecular flexibility index (Phi) is 4.44. The normalized spacial score (nSPS) is 12.9. The monoisotopic (exact) mass is 261 g/mol. The molecule has 0 bridgehead atoms. The van der Waals surface area contributed by atoms with Crippen molar-refractivity contribution in [2.45, 2.75) is 32.2 Å². The summed E-state index contributed by atoms with van der Waals surface area (Å²) in [6.07, 6.45) is 0.945. The first kappa shape index (κ1) is 13.2. The maximum Gasteiger partial charge on any atom is 0.0928 e. The topological polar surface area (TPSA) is 37.8 Å². The number of aromatic nitrogens is 2. The van der Waals surface area contributed by atoms with Crippen LogP contribution >= 0.6 is 11.5 Å². The largest absolute Gasteiger partial charge is 0.311 e. The molecule has 3 nitrogen and oxygen atoms in total. The Hall–Kier alpha value is -1.26. The Labute approximate surface area is 112 Å². The van der Waals surface area contributed by atoms with E-state index in [2.05, 4.69) is 53.0 Å². The van der Waals surface area contributed by atoms with E-state index < -0.39 is 0 Å². The van der Waals surface area contributed by atoms with Crippen LogP contribution in [0.2, 0.25) is 0 Å². The first-order valence-corrected chi connectivity index (χ1v) is 7.07. The van der Waals surface area contributed by atoms with Crippen LogP contribution in [0.5, 0.6) is 0 Å². The summed E-state index contributed by atoms with van der Waals surface area (Å²) in [6.45, 7) is 4.43. The Balaban J connectivity index is 2.08. The van der Waals surface area contributed by atoms with Crippen molar-refractivity contribution < 1.29 is 0 Å². The average Bonchev–Trinajstić information content (AvgIpc) is 2.90. The minimum Gasteiger partial charge on any atom is -0.311 e. The second-order valence-electron chi connectivity index (χ2n) is 4.77. The summed E-state index contributed by atoms with van der Waals surface area (Å²) < 4.78 is 3.92. The third-order valence-corrected chi connectivity index (χ3v) is 3.69. The van der Waals surface area contributed by atoms with Gasteiger partial charge in [0, 0.05) is 5.38 Å². The minimum absolute atomic E-state index is 0.244. The molecule has 1 aromatic carbocycles. The standard InChI is InChI=1S/C14H19N3S/c1-10(2)12-6-4-11(5-7-12)8-13(15-3)14-9-18-17-16-14/h4-7,9-10,13,15H,8H2,1-3H3. The molecule has 0 amide bonds. The van der Waals surface area contributed by atoms with Gasteiger partial charge in [0.2, 0.25) is 0 Å². The maximum absolute atomic E-state index is 4.14. The number of nitrogens with zero attached hydrogens (tertiary/aromatic N) is 2. The number of hydrogen-bond donors (Lipinski definition) is 1. The van der Waals surface area contributed by atoms with Gasteiger partial charge in [0.25, 0.3) is 0 Å². The van der Waals surface area contributed by atoms with Gasteiger partial charge >= 0.3 is 0 Å². The van der Waals surface area contributed by atoms with Crippen LogP contribution in [-0.2, 0) is 6.42 Å². The summed E-state index contributed by atoms with van der Waals surface area (Å²) >= 11 is 1.40. The van der Waals surface area contributed by atoms with Gasteiger partial charge in [-0.1, -0.05) is 42.6 Å². The van der Waals surface area contributed by atoms with E-state index in [1.165, 1.54) is 22.7 Å². The molecule has 0 saturated heterocycles. The fourth-order valence-corrected chi connectivity index (χ4v) is 2.46. The molecule has 0 aliphatic carbocycles. The number of rotatable bonds is 5. The van der Waals surface area contributed by atoms with Crippen LogP contribution in [0.3, 0.4) is 0 Å². The second-order valence-corrected chi connectivity index (χ2v) is 5.38. The van der Waals surface area contributed by atoms with E-state index in [0.29, 0.717) is 5.92 Å². The number of benzene rings is 1. The predicted octanol–water partition coefficient (Wildman–Crippen LogP) is 3.16. The number of hydrogen-bond acceptors (Lipinski definition) is 4. The van der Waals surface area contributed by atoms with Crippen LogP contribution in [0, 0.1) is 0 Å². The van der Waals surface area contributed by atoms with Crippen molar-refractivity contribution in [1.29, 1.82) is 0 Å². The van der Waals surface area contributed by atoms with Crippen molar-refractivity contribution in [2.75, 3.05) is 7.05 Å². The first-order chi connectivity index (χ1) is 8.70. The molecule has 0 aliphatic heterocycles. The molecule has 4 heteroatoms. The third-order valence-electron chi connectivity index (χ3n) is 3.17. The summed E-state index contributed by atoms with van der Waals surface area (Å²) in [5, 5.41) is 9.43. The van der Waals surface area contributed by atoms with Crippen molar-refractivity contribution in [2.24, 2.45) is 0 Å². The lowest BCUT2D eigenvalue weighted by atomic mass is 9.98. The lowest BCUT2D eigenvalue weighted by molar-refractivity contribution is 0.574. The molecule has 0 spiro atoms. The zero-order valence-corrected chi connectivity index (χ0v) is 11.9. The van der Waals surface area contributed by atoms with E-state index in [1.807, 2.05) is 12.4 Å². The van der Waals surface area contributed by atoms with Gasteiger partial charge in [-0.3, -0.25) is 0 Å². The fraction of sp³-hybridized carbons (Fsp3) is 0.429. The van der Waals surface area contributed by atoms with Crippen LogP contribution < -0.4 is 5.32 Å². The Bertz CT molecular complexity index is 462. The molecular weight excluding hydrogens is 242 g/mol. The summed E-state index contributed by atoms with van der Waals surface area (Å²) in [7, 11) is 1.96. The fourth-order valence-electron chi connectivity index (χ4n) is 1.95. The van der Waals surface area contributed by atoms with E-state index in [-0.39, 0.29) is 6.04 Å². The molecule has 96 valence electrons. The second kappa shape index (κ2) is 6.07. The van der Waals surface area contributed by atoms with Crippen molar-refractivity contribution in [3.05, 3.63) is 46.5 Å². The molecule has 0 fully saturated rings. The van der Waals surface area contributed by atoms with Crippen LogP contribution in [0.4, 0.5) is 0 Å². The van der Waals surface area contributed by atoms with Gasteiger partial charge in [0.05, 0.1) is 11.7 Å². The Morgan fingerprint density at radius 2 is 1.94 bits per heavy atom. The molecular formula is C14H19N3S. The SMILES string of the molecule is CNC(Cc1ccc(C(C)C)cc1)c1csnn1. The predicted molar refractivity (Wildman–Crippen MR) is 75.9 cm³/mol. The first-order valence-electron chi connectivity index (χ1n) is 6.23. The van der Waals surface area contributed by atoms with E-state index in [1.54, 1.807) is 0 Å². The maximum atomic E-state index is 4.14. The van der Waals surface area contributed by atoms with E-state index in [0.717, 1.165) is 12.1 Å². The van der Waals surface area contributed by atoms with Gasteiger partial charge in [-0.05, 0) is 42.0 Å². The van der Waals surface area contributed by atoms with Gasteiger partial charge in [-0.2, -0.15) is 0 Å². The molecule has 2 rings (SSSR count). The highest BCUT2D eigenvalue weighted by Crippen LogP contribution is 2.19. The quantitative estimate of drug-likeness (QED) is 0.898. The zero-order valence-electron chi connectivity index (χ0n) is 11.1. The Morgan fingerprint density at radius 1 is 1.22 bits per heavy atom. The van der Waals surface area contributed by atoms with Crippen molar-refractivity contribution in [1.82, 2.24) is 14.9 Å². The van der Waals surface area contributed by atoms with Crippen LogP contribution in [0.1, 0.15) is 42.6 Å². The van der Waals surface area contributed by atoms with Gasteiger partial charge in [-0.25, -0.2) is 0 Å².